The van der Waals surface area contributed by atoms with Crippen molar-refractivity contribution in [3.8, 4) is 5.82 Å². The molecule has 21 heavy (non-hydrogen) atoms. The fourth-order valence-electron chi connectivity index (χ4n) is 2.78. The fourth-order valence-corrected chi connectivity index (χ4v) is 2.78. The first-order valence-electron chi connectivity index (χ1n) is 6.86. The SMILES string of the molecule is Cc1cccc2ccn(-c3ccc4ccc(F)cc4n3)c12. The molecule has 4 aromatic rings. The molecule has 0 unspecified atom stereocenters. The third-order valence-corrected chi connectivity index (χ3v) is 3.80. The summed E-state index contributed by atoms with van der Waals surface area (Å²) < 4.78 is 15.4. The summed E-state index contributed by atoms with van der Waals surface area (Å²) in [6.45, 7) is 2.08. The number of aromatic nitrogens is 2. The molecular formula is C18H13FN2. The number of pyridine rings is 1. The molecule has 0 aliphatic heterocycles. The molecule has 0 aliphatic rings. The van der Waals surface area contributed by atoms with Crippen molar-refractivity contribution in [3.63, 3.8) is 0 Å². The summed E-state index contributed by atoms with van der Waals surface area (Å²) in [5, 5.41) is 2.12. The van der Waals surface area contributed by atoms with E-state index < -0.39 is 0 Å². The van der Waals surface area contributed by atoms with Gasteiger partial charge in [0, 0.05) is 23.0 Å². The van der Waals surface area contributed by atoms with E-state index in [1.807, 2.05) is 24.4 Å². The van der Waals surface area contributed by atoms with Crippen LogP contribution in [0.25, 0.3) is 27.6 Å². The van der Waals surface area contributed by atoms with Crippen LogP contribution >= 0.6 is 0 Å². The second-order valence-corrected chi connectivity index (χ2v) is 5.20. The third kappa shape index (κ3) is 1.89. The predicted molar refractivity (Wildman–Crippen MR) is 83.3 cm³/mol. The van der Waals surface area contributed by atoms with Gasteiger partial charge in [-0.05, 0) is 42.8 Å². The molecule has 0 N–H and O–H groups in total. The fraction of sp³-hybridized carbons (Fsp3) is 0.0556. The van der Waals surface area contributed by atoms with Gasteiger partial charge >= 0.3 is 0 Å². The van der Waals surface area contributed by atoms with Crippen molar-refractivity contribution < 1.29 is 4.39 Å². The van der Waals surface area contributed by atoms with Crippen molar-refractivity contribution in [3.05, 3.63) is 72.2 Å². The van der Waals surface area contributed by atoms with E-state index >= 15 is 0 Å². The normalized spacial score (nSPS) is 11.3. The number of hydrogen-bond acceptors (Lipinski definition) is 1. The van der Waals surface area contributed by atoms with Crippen LogP contribution in [0.5, 0.6) is 0 Å². The molecule has 4 rings (SSSR count). The van der Waals surface area contributed by atoms with Crippen molar-refractivity contribution in [2.75, 3.05) is 0 Å². The summed E-state index contributed by atoms with van der Waals surface area (Å²) in [7, 11) is 0. The Bertz CT molecular complexity index is 969. The van der Waals surface area contributed by atoms with Crippen LogP contribution in [0.15, 0.2) is 60.8 Å². The maximum atomic E-state index is 13.4. The molecule has 0 spiro atoms. The van der Waals surface area contributed by atoms with Gasteiger partial charge in [-0.3, -0.25) is 0 Å². The van der Waals surface area contributed by atoms with Gasteiger partial charge in [-0.25, -0.2) is 9.37 Å². The molecule has 0 aliphatic carbocycles. The van der Waals surface area contributed by atoms with Gasteiger partial charge in [-0.1, -0.05) is 18.2 Å². The highest BCUT2D eigenvalue weighted by molar-refractivity contribution is 5.85. The molecule has 0 amide bonds. The number of rotatable bonds is 1. The lowest BCUT2D eigenvalue weighted by atomic mass is 10.1. The first kappa shape index (κ1) is 12.1. The summed E-state index contributed by atoms with van der Waals surface area (Å²) in [6.07, 6.45) is 2.01. The molecule has 0 radical (unpaired) electrons. The van der Waals surface area contributed by atoms with Crippen LogP contribution in [0.3, 0.4) is 0 Å². The summed E-state index contributed by atoms with van der Waals surface area (Å²) in [6, 6.07) is 16.9. The molecule has 2 nitrogen and oxygen atoms in total. The van der Waals surface area contributed by atoms with E-state index in [0.717, 1.165) is 16.7 Å². The number of aryl methyl sites for hydroxylation is 1. The summed E-state index contributed by atoms with van der Waals surface area (Å²) >= 11 is 0. The van der Waals surface area contributed by atoms with Gasteiger partial charge in [0.15, 0.2) is 0 Å². The second-order valence-electron chi connectivity index (χ2n) is 5.20. The number of halogens is 1. The van der Waals surface area contributed by atoms with Crippen LogP contribution in [-0.4, -0.2) is 9.55 Å². The molecule has 3 heteroatoms. The topological polar surface area (TPSA) is 17.8 Å². The third-order valence-electron chi connectivity index (χ3n) is 3.80. The van der Waals surface area contributed by atoms with Crippen LogP contribution in [0, 0.1) is 12.7 Å². The van der Waals surface area contributed by atoms with E-state index in [4.69, 9.17) is 0 Å². The maximum absolute atomic E-state index is 13.4. The lowest BCUT2D eigenvalue weighted by Crippen LogP contribution is -1.97. The van der Waals surface area contributed by atoms with Gasteiger partial charge in [0.25, 0.3) is 0 Å². The minimum atomic E-state index is -0.263. The second kappa shape index (κ2) is 4.42. The highest BCUT2D eigenvalue weighted by atomic mass is 19.1. The van der Waals surface area contributed by atoms with Gasteiger partial charge in [0.1, 0.15) is 11.6 Å². The van der Waals surface area contributed by atoms with Crippen LogP contribution in [-0.2, 0) is 0 Å². The number of benzene rings is 2. The Morgan fingerprint density at radius 2 is 1.81 bits per heavy atom. The van der Waals surface area contributed by atoms with Crippen LogP contribution in [0.1, 0.15) is 5.56 Å². The van der Waals surface area contributed by atoms with Crippen molar-refractivity contribution in [2.24, 2.45) is 0 Å². The van der Waals surface area contributed by atoms with E-state index in [9.17, 15) is 4.39 Å². The van der Waals surface area contributed by atoms with Gasteiger partial charge in [0.2, 0.25) is 0 Å². The minimum Gasteiger partial charge on any atom is -0.301 e. The van der Waals surface area contributed by atoms with Gasteiger partial charge in [0.05, 0.1) is 11.0 Å². The molecule has 102 valence electrons. The van der Waals surface area contributed by atoms with E-state index in [2.05, 4.69) is 34.7 Å². The van der Waals surface area contributed by atoms with Crippen LogP contribution < -0.4 is 0 Å². The zero-order valence-corrected chi connectivity index (χ0v) is 11.5. The van der Waals surface area contributed by atoms with Crippen molar-refractivity contribution in [1.29, 1.82) is 0 Å². The zero-order valence-electron chi connectivity index (χ0n) is 11.5. The Labute approximate surface area is 121 Å². The van der Waals surface area contributed by atoms with Crippen molar-refractivity contribution in [1.82, 2.24) is 9.55 Å². The Morgan fingerprint density at radius 3 is 2.71 bits per heavy atom. The van der Waals surface area contributed by atoms with E-state index in [1.54, 1.807) is 6.07 Å². The first-order valence-corrected chi connectivity index (χ1v) is 6.86. The van der Waals surface area contributed by atoms with E-state index in [1.165, 1.54) is 23.1 Å². The Balaban J connectivity index is 2.00. The summed E-state index contributed by atoms with van der Waals surface area (Å²) in [5.41, 5.74) is 3.00. The molecule has 2 aromatic carbocycles. The maximum Gasteiger partial charge on any atom is 0.137 e. The minimum absolute atomic E-state index is 0.263. The van der Waals surface area contributed by atoms with Gasteiger partial charge < -0.3 is 4.57 Å². The quantitative estimate of drug-likeness (QED) is 0.496. The lowest BCUT2D eigenvalue weighted by Gasteiger charge is -2.08. The standard InChI is InChI=1S/C18H13FN2/c1-12-3-2-4-14-9-10-21(18(12)14)17-8-6-13-5-7-15(19)11-16(13)20-17/h2-11H,1H3. The number of nitrogens with zero attached hydrogens (tertiary/aromatic N) is 2. The number of fused-ring (bicyclic) bond motifs is 2. The van der Waals surface area contributed by atoms with Crippen LogP contribution in [0.4, 0.5) is 4.39 Å². The average Bonchev–Trinajstić information content (AvgIpc) is 2.92. The highest BCUT2D eigenvalue weighted by Gasteiger charge is 2.07. The molecular weight excluding hydrogens is 263 g/mol. The largest absolute Gasteiger partial charge is 0.301 e. The Kier molecular flexibility index (Phi) is 2.54. The monoisotopic (exact) mass is 276 g/mol. The molecule has 0 atom stereocenters. The highest BCUT2D eigenvalue weighted by Crippen LogP contribution is 2.24. The molecule has 0 fully saturated rings. The average molecular weight is 276 g/mol. The number of para-hydroxylation sites is 1. The molecule has 2 aromatic heterocycles. The molecule has 0 saturated carbocycles. The van der Waals surface area contributed by atoms with Crippen molar-refractivity contribution >= 4 is 21.8 Å². The predicted octanol–water partition coefficient (Wildman–Crippen LogP) is 4.63. The Morgan fingerprint density at radius 1 is 0.952 bits per heavy atom. The van der Waals surface area contributed by atoms with Crippen molar-refractivity contribution in [2.45, 2.75) is 6.92 Å². The zero-order chi connectivity index (χ0) is 14.4. The molecule has 0 bridgehead atoms. The molecule has 0 saturated heterocycles. The Hall–Kier alpha value is -2.68. The van der Waals surface area contributed by atoms with E-state index in [-0.39, 0.29) is 5.82 Å². The lowest BCUT2D eigenvalue weighted by molar-refractivity contribution is 0.629. The van der Waals surface area contributed by atoms with E-state index in [0.29, 0.717) is 5.52 Å². The van der Waals surface area contributed by atoms with Gasteiger partial charge in [-0.15, -0.1) is 0 Å². The summed E-state index contributed by atoms with van der Waals surface area (Å²) in [5.74, 6) is 0.540. The van der Waals surface area contributed by atoms with Crippen LogP contribution in [0.2, 0.25) is 0 Å². The smallest absolute Gasteiger partial charge is 0.137 e. The molecule has 2 heterocycles. The first-order chi connectivity index (χ1) is 10.2. The summed E-state index contributed by atoms with van der Waals surface area (Å²) in [4.78, 5) is 4.59. The van der Waals surface area contributed by atoms with Gasteiger partial charge in [-0.2, -0.15) is 0 Å². The number of hydrogen-bond donors (Lipinski definition) is 0.